The summed E-state index contributed by atoms with van der Waals surface area (Å²) < 4.78 is 5.34. The van der Waals surface area contributed by atoms with E-state index in [0.29, 0.717) is 32.2 Å². The minimum atomic E-state index is 0.0813. The Labute approximate surface area is 172 Å². The molecule has 0 bridgehead atoms. The van der Waals surface area contributed by atoms with Crippen LogP contribution in [0.5, 0.6) is 0 Å². The molecular weight excluding hydrogens is 364 g/mol. The van der Waals surface area contributed by atoms with Gasteiger partial charge in [-0.2, -0.15) is 0 Å². The predicted octanol–water partition coefficient (Wildman–Crippen LogP) is 3.17. The molecule has 0 aromatic heterocycles. The smallest absolute Gasteiger partial charge is 0.254 e. The molecule has 0 saturated carbocycles. The first kappa shape index (κ1) is 19.6. The van der Waals surface area contributed by atoms with Crippen LogP contribution in [-0.4, -0.2) is 61.0 Å². The summed E-state index contributed by atoms with van der Waals surface area (Å²) in [4.78, 5) is 29.3. The first-order valence-corrected chi connectivity index (χ1v) is 10.4. The topological polar surface area (TPSA) is 49.9 Å². The van der Waals surface area contributed by atoms with Crippen LogP contribution >= 0.6 is 0 Å². The monoisotopic (exact) mass is 392 g/mol. The number of morpholine rings is 1. The second-order valence-corrected chi connectivity index (χ2v) is 8.08. The average molecular weight is 392 g/mol. The van der Waals surface area contributed by atoms with E-state index in [-0.39, 0.29) is 11.8 Å². The lowest BCUT2D eigenvalue weighted by atomic mass is 9.97. The Kier molecular flexibility index (Phi) is 5.95. The fraction of sp³-hybridized carbons (Fsp3) is 0.417. The van der Waals surface area contributed by atoms with Gasteiger partial charge in [-0.3, -0.25) is 9.59 Å². The van der Waals surface area contributed by atoms with E-state index < -0.39 is 0 Å². The van der Waals surface area contributed by atoms with Gasteiger partial charge in [-0.25, -0.2) is 0 Å². The van der Waals surface area contributed by atoms with Gasteiger partial charge in [-0.05, 0) is 55.5 Å². The molecule has 1 atom stereocenters. The second kappa shape index (κ2) is 8.78. The summed E-state index contributed by atoms with van der Waals surface area (Å²) >= 11 is 0. The third-order valence-corrected chi connectivity index (χ3v) is 5.83. The van der Waals surface area contributed by atoms with Gasteiger partial charge in [-0.1, -0.05) is 29.8 Å². The lowest BCUT2D eigenvalue weighted by Crippen LogP contribution is -2.40. The summed E-state index contributed by atoms with van der Waals surface area (Å²) in [5.74, 6) is 0.628. The van der Waals surface area contributed by atoms with E-state index in [1.54, 1.807) is 0 Å². The van der Waals surface area contributed by atoms with E-state index in [1.165, 1.54) is 5.56 Å². The van der Waals surface area contributed by atoms with Crippen molar-refractivity contribution in [1.82, 2.24) is 9.80 Å². The summed E-state index contributed by atoms with van der Waals surface area (Å²) in [7, 11) is 0. The average Bonchev–Trinajstić information content (AvgIpc) is 3.22. The van der Waals surface area contributed by atoms with E-state index in [2.05, 4.69) is 6.07 Å². The standard InChI is InChI=1S/C24H28N2O3/c1-18-4-2-6-21(14-18)24(28)26-9-8-20(17-26)15-19-5-3-7-22(16-19)23(27)25-10-12-29-13-11-25/h2-7,14,16,20H,8-13,15,17H2,1H3/t20-/m0/s1. The maximum Gasteiger partial charge on any atom is 0.254 e. The van der Waals surface area contributed by atoms with Crippen LogP contribution in [0.3, 0.4) is 0 Å². The Morgan fingerprint density at radius 1 is 0.931 bits per heavy atom. The molecule has 2 aromatic rings. The molecule has 2 aromatic carbocycles. The van der Waals surface area contributed by atoms with Crippen LogP contribution in [0.4, 0.5) is 0 Å². The lowest BCUT2D eigenvalue weighted by molar-refractivity contribution is 0.0303. The summed E-state index contributed by atoms with van der Waals surface area (Å²) in [5, 5.41) is 0. The van der Waals surface area contributed by atoms with Crippen molar-refractivity contribution in [3.8, 4) is 0 Å². The van der Waals surface area contributed by atoms with Gasteiger partial charge in [0.25, 0.3) is 11.8 Å². The van der Waals surface area contributed by atoms with E-state index >= 15 is 0 Å². The normalized spacial score (nSPS) is 19.4. The van der Waals surface area contributed by atoms with Gasteiger partial charge < -0.3 is 14.5 Å². The number of carbonyl (C=O) groups excluding carboxylic acids is 2. The van der Waals surface area contributed by atoms with Crippen LogP contribution in [0.2, 0.25) is 0 Å². The minimum absolute atomic E-state index is 0.0813. The molecule has 2 saturated heterocycles. The minimum Gasteiger partial charge on any atom is -0.378 e. The molecule has 0 unspecified atom stereocenters. The molecule has 2 aliphatic rings. The number of hydrogen-bond acceptors (Lipinski definition) is 3. The van der Waals surface area contributed by atoms with Crippen molar-refractivity contribution in [1.29, 1.82) is 0 Å². The Hall–Kier alpha value is -2.66. The van der Waals surface area contributed by atoms with Crippen molar-refractivity contribution >= 4 is 11.8 Å². The van der Waals surface area contributed by atoms with Crippen molar-refractivity contribution in [2.45, 2.75) is 19.8 Å². The maximum atomic E-state index is 12.8. The van der Waals surface area contributed by atoms with Crippen molar-refractivity contribution in [3.05, 3.63) is 70.8 Å². The van der Waals surface area contributed by atoms with Crippen molar-refractivity contribution in [2.75, 3.05) is 39.4 Å². The van der Waals surface area contributed by atoms with Crippen LogP contribution in [0, 0.1) is 12.8 Å². The lowest BCUT2D eigenvalue weighted by Gasteiger charge is -2.27. The third kappa shape index (κ3) is 4.67. The summed E-state index contributed by atoms with van der Waals surface area (Å²) in [6.45, 7) is 6.10. The zero-order chi connectivity index (χ0) is 20.2. The molecule has 5 heteroatoms. The number of amides is 2. The van der Waals surface area contributed by atoms with Crippen molar-refractivity contribution in [2.24, 2.45) is 5.92 Å². The number of hydrogen-bond donors (Lipinski definition) is 0. The first-order valence-electron chi connectivity index (χ1n) is 10.4. The molecule has 0 spiro atoms. The van der Waals surface area contributed by atoms with E-state index in [4.69, 9.17) is 4.74 Å². The molecule has 0 aliphatic carbocycles. The molecule has 152 valence electrons. The Morgan fingerprint density at radius 3 is 2.38 bits per heavy atom. The highest BCUT2D eigenvalue weighted by Gasteiger charge is 2.27. The van der Waals surface area contributed by atoms with Gasteiger partial charge in [0.05, 0.1) is 13.2 Å². The molecule has 0 radical (unpaired) electrons. The quantitative estimate of drug-likeness (QED) is 0.803. The summed E-state index contributed by atoms with van der Waals surface area (Å²) in [6, 6.07) is 15.8. The molecular formula is C24H28N2O3. The van der Waals surface area contributed by atoms with Crippen LogP contribution in [0.1, 0.15) is 38.3 Å². The van der Waals surface area contributed by atoms with Gasteiger partial charge in [0.1, 0.15) is 0 Å². The summed E-state index contributed by atoms with van der Waals surface area (Å²) in [5.41, 5.74) is 3.78. The summed E-state index contributed by atoms with van der Waals surface area (Å²) in [6.07, 6.45) is 1.89. The zero-order valence-electron chi connectivity index (χ0n) is 17.0. The highest BCUT2D eigenvalue weighted by molar-refractivity contribution is 5.95. The van der Waals surface area contributed by atoms with E-state index in [9.17, 15) is 9.59 Å². The van der Waals surface area contributed by atoms with Gasteiger partial charge in [0.15, 0.2) is 0 Å². The molecule has 4 rings (SSSR count). The van der Waals surface area contributed by atoms with Crippen LogP contribution < -0.4 is 0 Å². The van der Waals surface area contributed by atoms with Crippen LogP contribution in [0.25, 0.3) is 0 Å². The number of benzene rings is 2. The van der Waals surface area contributed by atoms with Gasteiger partial charge in [0.2, 0.25) is 0 Å². The number of nitrogens with zero attached hydrogens (tertiary/aromatic N) is 2. The Bertz CT molecular complexity index is 889. The van der Waals surface area contributed by atoms with Crippen LogP contribution in [0.15, 0.2) is 48.5 Å². The molecule has 0 N–H and O–H groups in total. The highest BCUT2D eigenvalue weighted by Crippen LogP contribution is 2.23. The third-order valence-electron chi connectivity index (χ3n) is 5.83. The highest BCUT2D eigenvalue weighted by atomic mass is 16.5. The number of likely N-dealkylation sites (tertiary alicyclic amines) is 1. The molecule has 29 heavy (non-hydrogen) atoms. The Balaban J connectivity index is 1.37. The van der Waals surface area contributed by atoms with Gasteiger partial charge >= 0.3 is 0 Å². The molecule has 2 aliphatic heterocycles. The largest absolute Gasteiger partial charge is 0.378 e. The molecule has 2 heterocycles. The van der Waals surface area contributed by atoms with Crippen molar-refractivity contribution in [3.63, 3.8) is 0 Å². The maximum absolute atomic E-state index is 12.8. The van der Waals surface area contributed by atoms with E-state index in [0.717, 1.165) is 42.6 Å². The zero-order valence-corrected chi connectivity index (χ0v) is 17.0. The molecule has 5 nitrogen and oxygen atoms in total. The van der Waals surface area contributed by atoms with Gasteiger partial charge in [0, 0.05) is 37.3 Å². The number of rotatable bonds is 4. The van der Waals surface area contributed by atoms with Gasteiger partial charge in [-0.15, -0.1) is 0 Å². The number of ether oxygens (including phenoxy) is 1. The second-order valence-electron chi connectivity index (χ2n) is 8.08. The molecule has 2 fully saturated rings. The fourth-order valence-corrected chi connectivity index (χ4v) is 4.26. The SMILES string of the molecule is Cc1cccc(C(=O)N2CC[C@@H](Cc3cccc(C(=O)N4CCOCC4)c3)C2)c1. The van der Waals surface area contributed by atoms with Crippen molar-refractivity contribution < 1.29 is 14.3 Å². The Morgan fingerprint density at radius 2 is 1.62 bits per heavy atom. The first-order chi connectivity index (χ1) is 14.1. The number of aryl methyl sites for hydroxylation is 1. The molecule has 2 amide bonds. The number of carbonyl (C=O) groups is 2. The predicted molar refractivity (Wildman–Crippen MR) is 112 cm³/mol. The van der Waals surface area contributed by atoms with E-state index in [1.807, 2.05) is 59.2 Å². The van der Waals surface area contributed by atoms with Crippen LogP contribution in [-0.2, 0) is 11.2 Å². The fourth-order valence-electron chi connectivity index (χ4n) is 4.26.